The maximum absolute atomic E-state index is 13.9. The Morgan fingerprint density at radius 1 is 1.29 bits per heavy atom. The number of carbonyl (C=O) groups excluding carboxylic acids is 2. The molecular weight excluding hydrogens is 446 g/mol. The van der Waals surface area contributed by atoms with Gasteiger partial charge in [-0.2, -0.15) is 9.78 Å². The number of aliphatic hydroxyl groups is 1. The molecule has 0 aliphatic carbocycles. The minimum Gasteiger partial charge on any atom is -0.394 e. The molecule has 1 aromatic heterocycles. The number of aliphatic hydroxyl groups excluding tert-OH is 1. The summed E-state index contributed by atoms with van der Waals surface area (Å²) in [5.74, 6) is -2.23. The lowest BCUT2D eigenvalue weighted by atomic mass is 9.85. The predicted molar refractivity (Wildman–Crippen MR) is 120 cm³/mol. The van der Waals surface area contributed by atoms with Crippen LogP contribution in [0.3, 0.4) is 0 Å². The molecule has 0 radical (unpaired) electrons. The molecule has 4 rings (SSSR count). The molecule has 2 N–H and O–H groups in total. The number of benzene rings is 1. The van der Waals surface area contributed by atoms with E-state index in [1.165, 1.54) is 10.7 Å². The number of hydrogen-bond acceptors (Lipinski definition) is 5. The Morgan fingerprint density at radius 2 is 2.06 bits per heavy atom. The number of carbonyl (C=O) groups is 2. The molecule has 2 amide bonds. The van der Waals surface area contributed by atoms with Crippen molar-refractivity contribution in [2.75, 3.05) is 19.8 Å². The second-order valence-electron chi connectivity index (χ2n) is 9.88. The molecule has 0 saturated carbocycles. The van der Waals surface area contributed by atoms with E-state index in [0.29, 0.717) is 42.1 Å². The van der Waals surface area contributed by atoms with Crippen molar-refractivity contribution in [2.24, 2.45) is 5.41 Å². The summed E-state index contributed by atoms with van der Waals surface area (Å²) in [5.41, 5.74) is 1.30. The van der Waals surface area contributed by atoms with Crippen LogP contribution in [0.4, 0.5) is 13.6 Å². The van der Waals surface area contributed by atoms with Gasteiger partial charge in [0.05, 0.1) is 37.3 Å². The molecule has 1 fully saturated rings. The Balaban J connectivity index is 1.67. The van der Waals surface area contributed by atoms with Gasteiger partial charge in [0.2, 0.25) is 5.91 Å². The van der Waals surface area contributed by atoms with Crippen LogP contribution in [0.5, 0.6) is 0 Å². The zero-order valence-corrected chi connectivity index (χ0v) is 19.6. The zero-order chi connectivity index (χ0) is 24.6. The lowest BCUT2D eigenvalue weighted by Crippen LogP contribution is -2.57. The van der Waals surface area contributed by atoms with Crippen molar-refractivity contribution in [2.45, 2.75) is 58.7 Å². The van der Waals surface area contributed by atoms with E-state index in [4.69, 9.17) is 4.74 Å². The van der Waals surface area contributed by atoms with E-state index in [0.717, 1.165) is 25.0 Å². The summed E-state index contributed by atoms with van der Waals surface area (Å²) < 4.78 is 34.1. The largest absolute Gasteiger partial charge is 0.394 e. The van der Waals surface area contributed by atoms with Gasteiger partial charge in [-0.05, 0) is 36.5 Å². The smallest absolute Gasteiger partial charge is 0.343 e. The number of hydrogen-bond donors (Lipinski definition) is 2. The summed E-state index contributed by atoms with van der Waals surface area (Å²) in [6, 6.07) is 1.77. The van der Waals surface area contributed by atoms with Gasteiger partial charge in [-0.1, -0.05) is 20.8 Å². The first-order chi connectivity index (χ1) is 16.1. The normalized spacial score (nSPS) is 19.1. The molecule has 2 aliphatic rings. The highest BCUT2D eigenvalue weighted by Crippen LogP contribution is 2.31. The standard InChI is InChI=1S/C24H30F2N4O4/c1-24(2,3)21(22(32)29-9-4-5-15(29)12-31)27-23(33)30-19-8-10-34-13-16(19)20(28-30)14-6-7-17(25)18(26)11-14/h6-7,11,15,21,31H,4-5,8-10,12-13H2,1-3H3,(H,27,33)/t15-,21+/m0/s1. The minimum absolute atomic E-state index is 0.124. The number of rotatable bonds is 4. The quantitative estimate of drug-likeness (QED) is 0.708. The van der Waals surface area contributed by atoms with Gasteiger partial charge in [0, 0.05) is 24.1 Å². The van der Waals surface area contributed by atoms with Crippen LogP contribution in [-0.4, -0.2) is 63.6 Å². The van der Waals surface area contributed by atoms with Crippen molar-refractivity contribution >= 4 is 11.9 Å². The summed E-state index contributed by atoms with van der Waals surface area (Å²) in [4.78, 5) is 28.4. The van der Waals surface area contributed by atoms with Crippen LogP contribution in [0.25, 0.3) is 11.3 Å². The highest BCUT2D eigenvalue weighted by Gasteiger charge is 2.40. The monoisotopic (exact) mass is 476 g/mol. The first-order valence-corrected chi connectivity index (χ1v) is 11.5. The van der Waals surface area contributed by atoms with Crippen LogP contribution in [0.1, 0.15) is 44.9 Å². The lowest BCUT2D eigenvalue weighted by Gasteiger charge is -2.35. The Hall–Kier alpha value is -2.85. The SMILES string of the molecule is CC(C)(C)[C@H](NC(=O)n1nc(-c2ccc(F)c(F)c2)c2c1CCOC2)C(=O)N1CCC[C@H]1CO. The van der Waals surface area contributed by atoms with Crippen molar-refractivity contribution in [1.29, 1.82) is 0 Å². The molecule has 2 aromatic rings. The topological polar surface area (TPSA) is 96.7 Å². The number of nitrogens with one attached hydrogen (secondary N) is 1. The number of halogens is 2. The molecule has 2 atom stereocenters. The van der Waals surface area contributed by atoms with Gasteiger partial charge in [0.1, 0.15) is 6.04 Å². The fourth-order valence-electron chi connectivity index (χ4n) is 4.59. The molecule has 8 nitrogen and oxygen atoms in total. The van der Waals surface area contributed by atoms with E-state index in [1.54, 1.807) is 4.90 Å². The summed E-state index contributed by atoms with van der Waals surface area (Å²) in [7, 11) is 0. The number of fused-ring (bicyclic) bond motifs is 1. The molecular formula is C24H30F2N4O4. The molecule has 1 saturated heterocycles. The van der Waals surface area contributed by atoms with Gasteiger partial charge in [0.25, 0.3) is 0 Å². The summed E-state index contributed by atoms with van der Waals surface area (Å²) >= 11 is 0. The van der Waals surface area contributed by atoms with Crippen LogP contribution in [-0.2, 0) is 22.6 Å². The van der Waals surface area contributed by atoms with E-state index >= 15 is 0 Å². The van der Waals surface area contributed by atoms with Gasteiger partial charge < -0.3 is 20.1 Å². The highest BCUT2D eigenvalue weighted by atomic mass is 19.2. The average molecular weight is 477 g/mol. The van der Waals surface area contributed by atoms with E-state index in [9.17, 15) is 23.5 Å². The van der Waals surface area contributed by atoms with Crippen LogP contribution in [0.15, 0.2) is 18.2 Å². The van der Waals surface area contributed by atoms with Crippen LogP contribution in [0.2, 0.25) is 0 Å². The first-order valence-electron chi connectivity index (χ1n) is 11.5. The third-order valence-electron chi connectivity index (χ3n) is 6.46. The average Bonchev–Trinajstić information content (AvgIpc) is 3.43. The maximum atomic E-state index is 13.9. The second-order valence-corrected chi connectivity index (χ2v) is 9.88. The number of likely N-dealkylation sites (tertiary alicyclic amines) is 1. The van der Waals surface area contributed by atoms with Gasteiger partial charge in [-0.25, -0.2) is 13.6 Å². The van der Waals surface area contributed by atoms with Crippen LogP contribution in [0, 0.1) is 17.0 Å². The molecule has 184 valence electrons. The van der Waals surface area contributed by atoms with E-state index in [1.807, 2.05) is 20.8 Å². The van der Waals surface area contributed by atoms with Crippen molar-refractivity contribution in [3.63, 3.8) is 0 Å². The Morgan fingerprint density at radius 3 is 2.74 bits per heavy atom. The Bertz CT molecular complexity index is 1100. The molecule has 3 heterocycles. The predicted octanol–water partition coefficient (Wildman–Crippen LogP) is 2.86. The summed E-state index contributed by atoms with van der Waals surface area (Å²) in [6.45, 7) is 6.56. The van der Waals surface area contributed by atoms with Gasteiger partial charge >= 0.3 is 6.03 Å². The second kappa shape index (κ2) is 9.42. The minimum atomic E-state index is -1.01. The van der Waals surface area contributed by atoms with Crippen molar-refractivity contribution in [3.8, 4) is 11.3 Å². The zero-order valence-electron chi connectivity index (χ0n) is 19.6. The molecule has 34 heavy (non-hydrogen) atoms. The fourth-order valence-corrected chi connectivity index (χ4v) is 4.59. The molecule has 0 bridgehead atoms. The van der Waals surface area contributed by atoms with Crippen molar-refractivity contribution < 1.29 is 28.2 Å². The molecule has 10 heteroatoms. The van der Waals surface area contributed by atoms with Crippen molar-refractivity contribution in [3.05, 3.63) is 41.1 Å². The van der Waals surface area contributed by atoms with Gasteiger partial charge in [-0.3, -0.25) is 4.79 Å². The Kier molecular flexibility index (Phi) is 6.73. The number of nitrogens with zero attached hydrogens (tertiary/aromatic N) is 3. The highest BCUT2D eigenvalue weighted by molar-refractivity contribution is 5.89. The number of aromatic nitrogens is 2. The summed E-state index contributed by atoms with van der Waals surface area (Å²) in [6.07, 6.45) is 1.93. The molecule has 0 unspecified atom stereocenters. The Labute approximate surface area is 196 Å². The first kappa shape index (κ1) is 24.3. The molecule has 0 spiro atoms. The van der Waals surface area contributed by atoms with Crippen LogP contribution >= 0.6 is 0 Å². The number of amides is 2. The van der Waals surface area contributed by atoms with Crippen molar-refractivity contribution in [1.82, 2.24) is 20.0 Å². The maximum Gasteiger partial charge on any atom is 0.343 e. The lowest BCUT2D eigenvalue weighted by molar-refractivity contribution is -0.137. The van der Waals surface area contributed by atoms with Crippen LogP contribution < -0.4 is 5.32 Å². The van der Waals surface area contributed by atoms with E-state index in [-0.39, 0.29) is 25.2 Å². The molecule has 1 aromatic carbocycles. The fraction of sp³-hybridized carbons (Fsp3) is 0.542. The summed E-state index contributed by atoms with van der Waals surface area (Å²) in [5, 5.41) is 16.9. The third-order valence-corrected chi connectivity index (χ3v) is 6.46. The van der Waals surface area contributed by atoms with Gasteiger partial charge in [0.15, 0.2) is 11.6 Å². The molecule has 2 aliphatic heterocycles. The van der Waals surface area contributed by atoms with Gasteiger partial charge in [-0.15, -0.1) is 0 Å². The number of ether oxygens (including phenoxy) is 1. The van der Waals surface area contributed by atoms with E-state index in [2.05, 4.69) is 10.4 Å². The van der Waals surface area contributed by atoms with E-state index < -0.39 is 29.1 Å². The third kappa shape index (κ3) is 4.56.